The van der Waals surface area contributed by atoms with Crippen LogP contribution in [0.1, 0.15) is 25.0 Å². The van der Waals surface area contributed by atoms with Crippen LogP contribution < -0.4 is 10.1 Å². The molecule has 120 valence electrons. The number of rotatable bonds is 5. The minimum atomic E-state index is 0.476. The molecule has 0 saturated carbocycles. The molecule has 2 aromatic rings. The number of ether oxygens (including phenoxy) is 2. The van der Waals surface area contributed by atoms with Crippen LogP contribution in [0.4, 0.5) is 5.69 Å². The summed E-state index contributed by atoms with van der Waals surface area (Å²) in [4.78, 5) is 4.24. The van der Waals surface area contributed by atoms with E-state index in [2.05, 4.69) is 22.4 Å². The van der Waals surface area contributed by atoms with Crippen molar-refractivity contribution in [2.75, 3.05) is 11.9 Å². The zero-order chi connectivity index (χ0) is 15.6. The van der Waals surface area contributed by atoms with Crippen LogP contribution in [0.15, 0.2) is 42.6 Å². The van der Waals surface area contributed by atoms with Gasteiger partial charge in [0.1, 0.15) is 11.5 Å². The maximum atomic E-state index is 5.90. The van der Waals surface area contributed by atoms with Gasteiger partial charge in [0, 0.05) is 23.8 Å². The molecular weight excluding hydrogens is 288 g/mol. The zero-order valence-corrected chi connectivity index (χ0v) is 13.4. The molecule has 1 aromatic heterocycles. The molecule has 0 spiro atoms. The van der Waals surface area contributed by atoms with Gasteiger partial charge in [0.15, 0.2) is 0 Å². The maximum absolute atomic E-state index is 5.90. The monoisotopic (exact) mass is 310 g/mol. The van der Waals surface area contributed by atoms with Gasteiger partial charge in [-0.15, -0.1) is 0 Å². The molecule has 2 aliphatic rings. The third kappa shape index (κ3) is 3.32. The normalized spacial score (nSPS) is 25.5. The molecule has 3 atom stereocenters. The van der Waals surface area contributed by atoms with Crippen LogP contribution in [-0.2, 0) is 4.74 Å². The number of aromatic nitrogens is 1. The fourth-order valence-corrected chi connectivity index (χ4v) is 3.50. The molecule has 1 N–H and O–H groups in total. The molecule has 4 heteroatoms. The van der Waals surface area contributed by atoms with E-state index >= 15 is 0 Å². The molecule has 4 rings (SSSR count). The van der Waals surface area contributed by atoms with Gasteiger partial charge in [-0.05, 0) is 62.6 Å². The lowest BCUT2D eigenvalue weighted by molar-refractivity contribution is 0.0941. The van der Waals surface area contributed by atoms with E-state index in [0.29, 0.717) is 18.1 Å². The third-order valence-electron chi connectivity index (χ3n) is 4.77. The highest BCUT2D eigenvalue weighted by Crippen LogP contribution is 2.38. The Morgan fingerprint density at radius 1 is 1.13 bits per heavy atom. The quantitative estimate of drug-likeness (QED) is 0.900. The molecule has 1 aromatic carbocycles. The first-order valence-electron chi connectivity index (χ1n) is 8.36. The molecule has 0 amide bonds. The van der Waals surface area contributed by atoms with Gasteiger partial charge in [0.25, 0.3) is 0 Å². The van der Waals surface area contributed by atoms with Gasteiger partial charge in [0.05, 0.1) is 18.4 Å². The number of pyridine rings is 1. The highest BCUT2D eigenvalue weighted by atomic mass is 16.5. The van der Waals surface area contributed by atoms with Crippen LogP contribution in [-0.4, -0.2) is 23.7 Å². The van der Waals surface area contributed by atoms with Gasteiger partial charge in [-0.1, -0.05) is 0 Å². The van der Waals surface area contributed by atoms with Gasteiger partial charge < -0.3 is 14.8 Å². The number of fused-ring (bicyclic) bond motifs is 2. The second kappa shape index (κ2) is 6.20. The lowest BCUT2D eigenvalue weighted by Gasteiger charge is -2.19. The second-order valence-corrected chi connectivity index (χ2v) is 6.51. The van der Waals surface area contributed by atoms with Crippen molar-refractivity contribution in [1.29, 1.82) is 0 Å². The third-order valence-corrected chi connectivity index (χ3v) is 4.77. The first kappa shape index (κ1) is 14.5. The molecule has 4 nitrogen and oxygen atoms in total. The Morgan fingerprint density at radius 2 is 1.96 bits per heavy atom. The highest BCUT2D eigenvalue weighted by Gasteiger charge is 2.40. The minimum absolute atomic E-state index is 0.476. The summed E-state index contributed by atoms with van der Waals surface area (Å²) in [7, 11) is 0. The predicted molar refractivity (Wildman–Crippen MR) is 90.0 cm³/mol. The number of anilines is 1. The van der Waals surface area contributed by atoms with Gasteiger partial charge in [-0.3, -0.25) is 4.98 Å². The first-order valence-corrected chi connectivity index (χ1v) is 8.36. The number of aryl methyl sites for hydroxylation is 1. The molecule has 2 saturated heterocycles. The summed E-state index contributed by atoms with van der Waals surface area (Å²) in [5.41, 5.74) is 2.11. The van der Waals surface area contributed by atoms with E-state index in [1.165, 1.54) is 19.3 Å². The van der Waals surface area contributed by atoms with Crippen LogP contribution in [0, 0.1) is 12.8 Å². The average Bonchev–Trinajstić information content (AvgIpc) is 3.19. The van der Waals surface area contributed by atoms with Crippen molar-refractivity contribution in [3.63, 3.8) is 0 Å². The summed E-state index contributed by atoms with van der Waals surface area (Å²) < 4.78 is 11.7. The number of nitrogens with one attached hydrogen (secondary N) is 1. The van der Waals surface area contributed by atoms with Crippen molar-refractivity contribution < 1.29 is 9.47 Å². The highest BCUT2D eigenvalue weighted by molar-refractivity contribution is 5.47. The van der Waals surface area contributed by atoms with Crippen LogP contribution in [0.2, 0.25) is 0 Å². The number of hydrogen-bond acceptors (Lipinski definition) is 4. The summed E-state index contributed by atoms with van der Waals surface area (Å²) in [6.45, 7) is 2.95. The molecule has 23 heavy (non-hydrogen) atoms. The molecule has 0 aliphatic carbocycles. The molecule has 0 radical (unpaired) electrons. The van der Waals surface area contributed by atoms with Gasteiger partial charge in [0.2, 0.25) is 0 Å². The van der Waals surface area contributed by atoms with E-state index in [9.17, 15) is 0 Å². The summed E-state index contributed by atoms with van der Waals surface area (Å²) in [6, 6.07) is 12.0. The second-order valence-electron chi connectivity index (χ2n) is 6.51. The number of benzene rings is 1. The van der Waals surface area contributed by atoms with Crippen LogP contribution in [0.5, 0.6) is 11.5 Å². The van der Waals surface area contributed by atoms with E-state index in [4.69, 9.17) is 9.47 Å². The fourth-order valence-electron chi connectivity index (χ4n) is 3.50. The summed E-state index contributed by atoms with van der Waals surface area (Å²) in [5.74, 6) is 2.24. The molecule has 2 fully saturated rings. The van der Waals surface area contributed by atoms with Crippen LogP contribution in [0.25, 0.3) is 0 Å². The standard InChI is InChI=1S/C19H22N2O2/c1-13-2-5-18(12-20-13)22-16-6-3-15(4-7-16)21-11-14-10-17-8-9-19(14)23-17/h2-7,12,14,17,19,21H,8-11H2,1H3. The predicted octanol–water partition coefficient (Wildman–Crippen LogP) is 4.16. The van der Waals surface area contributed by atoms with Crippen molar-refractivity contribution in [1.82, 2.24) is 4.98 Å². The van der Waals surface area contributed by atoms with E-state index in [-0.39, 0.29) is 0 Å². The topological polar surface area (TPSA) is 43.4 Å². The van der Waals surface area contributed by atoms with Crippen molar-refractivity contribution in [2.45, 2.75) is 38.4 Å². The van der Waals surface area contributed by atoms with Crippen molar-refractivity contribution in [2.24, 2.45) is 5.92 Å². The van der Waals surface area contributed by atoms with Gasteiger partial charge >= 0.3 is 0 Å². The lowest BCUT2D eigenvalue weighted by atomic mass is 9.89. The van der Waals surface area contributed by atoms with E-state index in [1.807, 2.05) is 31.2 Å². The lowest BCUT2D eigenvalue weighted by Crippen LogP contribution is -2.24. The van der Waals surface area contributed by atoms with Crippen LogP contribution in [0.3, 0.4) is 0 Å². The summed E-state index contributed by atoms with van der Waals surface area (Å²) in [5, 5.41) is 3.52. The Morgan fingerprint density at radius 3 is 2.61 bits per heavy atom. The van der Waals surface area contributed by atoms with Gasteiger partial charge in [-0.25, -0.2) is 0 Å². The Hall–Kier alpha value is -2.07. The summed E-state index contributed by atoms with van der Waals surface area (Å²) in [6.07, 6.45) is 6.43. The Labute approximate surface area is 136 Å². The summed E-state index contributed by atoms with van der Waals surface area (Å²) >= 11 is 0. The average molecular weight is 310 g/mol. The molecule has 2 aliphatic heterocycles. The zero-order valence-electron chi connectivity index (χ0n) is 13.4. The van der Waals surface area contributed by atoms with Crippen molar-refractivity contribution in [3.8, 4) is 11.5 Å². The fraction of sp³-hybridized carbons (Fsp3) is 0.421. The van der Waals surface area contributed by atoms with E-state index in [1.54, 1.807) is 6.20 Å². The van der Waals surface area contributed by atoms with Crippen molar-refractivity contribution in [3.05, 3.63) is 48.3 Å². The number of nitrogens with zero attached hydrogens (tertiary/aromatic N) is 1. The number of hydrogen-bond donors (Lipinski definition) is 1. The van der Waals surface area contributed by atoms with Crippen LogP contribution >= 0.6 is 0 Å². The maximum Gasteiger partial charge on any atom is 0.145 e. The smallest absolute Gasteiger partial charge is 0.145 e. The molecular formula is C19H22N2O2. The molecule has 2 bridgehead atoms. The Kier molecular flexibility index (Phi) is 3.92. The van der Waals surface area contributed by atoms with E-state index in [0.717, 1.165) is 29.4 Å². The van der Waals surface area contributed by atoms with Gasteiger partial charge in [-0.2, -0.15) is 0 Å². The largest absolute Gasteiger partial charge is 0.456 e. The van der Waals surface area contributed by atoms with Crippen molar-refractivity contribution >= 4 is 5.69 Å². The molecule has 3 heterocycles. The van der Waals surface area contributed by atoms with E-state index < -0.39 is 0 Å². The molecule has 3 unspecified atom stereocenters. The minimum Gasteiger partial charge on any atom is -0.456 e. The Bertz CT molecular complexity index is 654. The SMILES string of the molecule is Cc1ccc(Oc2ccc(NCC3CC4CCC3O4)cc2)cn1. The first-order chi connectivity index (χ1) is 11.3. The Balaban J connectivity index is 1.32.